The van der Waals surface area contributed by atoms with Crippen LogP contribution >= 0.6 is 11.6 Å². The number of anilines is 1. The molecule has 0 unspecified atom stereocenters. The van der Waals surface area contributed by atoms with E-state index >= 15 is 0 Å². The molecule has 0 aliphatic carbocycles. The third-order valence-electron chi connectivity index (χ3n) is 3.17. The van der Waals surface area contributed by atoms with E-state index in [4.69, 9.17) is 27.2 Å². The van der Waals surface area contributed by atoms with Crippen LogP contribution in [-0.2, 0) is 4.74 Å². The van der Waals surface area contributed by atoms with Crippen molar-refractivity contribution in [2.24, 2.45) is 0 Å². The van der Waals surface area contributed by atoms with E-state index in [1.807, 2.05) is 0 Å². The van der Waals surface area contributed by atoms with Gasteiger partial charge in [0, 0.05) is 0 Å². The maximum atomic E-state index is 14.1. The molecule has 4 atom stereocenters. The number of fused-ring (bicyclic) bond motifs is 1. The van der Waals surface area contributed by atoms with Crippen LogP contribution in [0.1, 0.15) is 6.23 Å². The van der Waals surface area contributed by atoms with E-state index in [0.29, 0.717) is 0 Å². The average Bonchev–Trinajstić information content (AvgIpc) is 2.93. The molecule has 108 valence electrons. The first-order valence-corrected chi connectivity index (χ1v) is 6.14. The van der Waals surface area contributed by atoms with Gasteiger partial charge in [0.25, 0.3) is 0 Å². The molecule has 2 aromatic rings. The predicted octanol–water partition coefficient (Wildman–Crippen LogP) is -0.349. The number of aliphatic hydroxyl groups excluding tert-OH is 2. The lowest BCUT2D eigenvalue weighted by Gasteiger charge is -2.15. The minimum Gasteiger partial charge on any atom is -0.394 e. The fraction of sp³-hybridized carbons (Fsp3) is 0.500. The number of rotatable bonds is 2. The van der Waals surface area contributed by atoms with Gasteiger partial charge in [-0.15, -0.1) is 0 Å². The Hall–Kier alpha value is -1.55. The molecule has 20 heavy (non-hydrogen) atoms. The van der Waals surface area contributed by atoms with Gasteiger partial charge >= 0.3 is 0 Å². The van der Waals surface area contributed by atoms with Crippen molar-refractivity contribution in [3.8, 4) is 0 Å². The van der Waals surface area contributed by atoms with Crippen LogP contribution in [0, 0.1) is 0 Å². The van der Waals surface area contributed by atoms with Crippen LogP contribution in [0.4, 0.5) is 10.2 Å². The second-order valence-corrected chi connectivity index (χ2v) is 4.72. The van der Waals surface area contributed by atoms with Crippen molar-refractivity contribution >= 4 is 28.6 Å². The molecule has 8 nitrogen and oxygen atoms in total. The van der Waals surface area contributed by atoms with E-state index in [1.165, 1.54) is 10.9 Å². The summed E-state index contributed by atoms with van der Waals surface area (Å²) in [7, 11) is 0. The van der Waals surface area contributed by atoms with Gasteiger partial charge in [0.1, 0.15) is 17.7 Å². The molecule has 3 rings (SSSR count). The summed E-state index contributed by atoms with van der Waals surface area (Å²) < 4.78 is 20.6. The molecule has 10 heteroatoms. The van der Waals surface area contributed by atoms with E-state index in [2.05, 4.69) is 15.0 Å². The van der Waals surface area contributed by atoms with Crippen molar-refractivity contribution < 1.29 is 19.3 Å². The Bertz CT molecular complexity index is 653. The summed E-state index contributed by atoms with van der Waals surface area (Å²) >= 11 is 5.71. The molecule has 1 fully saturated rings. The second kappa shape index (κ2) is 4.77. The predicted molar refractivity (Wildman–Crippen MR) is 66.6 cm³/mol. The van der Waals surface area contributed by atoms with Gasteiger partial charge in [-0.25, -0.2) is 9.37 Å². The Labute approximate surface area is 117 Å². The lowest BCUT2D eigenvalue weighted by Crippen LogP contribution is -2.30. The fourth-order valence-corrected chi connectivity index (χ4v) is 2.35. The molecule has 1 saturated heterocycles. The highest BCUT2D eigenvalue weighted by atomic mass is 35.5. The molecule has 3 heterocycles. The van der Waals surface area contributed by atoms with E-state index < -0.39 is 31.2 Å². The van der Waals surface area contributed by atoms with E-state index in [0.717, 1.165) is 0 Å². The summed E-state index contributed by atoms with van der Waals surface area (Å²) in [5.41, 5.74) is 6.10. The number of nitrogens with two attached hydrogens (primary N) is 1. The normalized spacial score (nSPS) is 30.2. The molecule has 0 spiro atoms. The number of nitrogen functional groups attached to an aromatic ring is 1. The van der Waals surface area contributed by atoms with Crippen LogP contribution in [-0.4, -0.2) is 54.7 Å². The zero-order valence-corrected chi connectivity index (χ0v) is 10.8. The van der Waals surface area contributed by atoms with E-state index in [1.54, 1.807) is 0 Å². The Balaban J connectivity index is 2.07. The highest BCUT2D eigenvalue weighted by Gasteiger charge is 2.45. The molecule has 2 aromatic heterocycles. The fourth-order valence-electron chi connectivity index (χ4n) is 2.18. The number of imidazole rings is 1. The molecule has 4 N–H and O–H groups in total. The summed E-state index contributed by atoms with van der Waals surface area (Å²) in [6.45, 7) is -0.497. The first kappa shape index (κ1) is 13.4. The van der Waals surface area contributed by atoms with E-state index in [-0.39, 0.29) is 22.3 Å². The minimum absolute atomic E-state index is 0.0615. The number of halogens is 2. The second-order valence-electron chi connectivity index (χ2n) is 4.38. The monoisotopic (exact) mass is 303 g/mol. The van der Waals surface area contributed by atoms with Gasteiger partial charge in [-0.05, 0) is 11.6 Å². The lowest BCUT2D eigenvalue weighted by atomic mass is 10.1. The van der Waals surface area contributed by atoms with Crippen LogP contribution in [0.2, 0.25) is 5.28 Å². The van der Waals surface area contributed by atoms with Crippen molar-refractivity contribution in [2.45, 2.75) is 24.6 Å². The Morgan fingerprint density at radius 2 is 2.25 bits per heavy atom. The smallest absolute Gasteiger partial charge is 0.226 e. The third kappa shape index (κ3) is 1.90. The molecule has 0 saturated carbocycles. The molecule has 0 amide bonds. The number of ether oxygens (including phenoxy) is 1. The number of aliphatic hydroxyl groups is 2. The van der Waals surface area contributed by atoms with Gasteiger partial charge in [-0.2, -0.15) is 9.97 Å². The SMILES string of the molecule is Nc1nc(Cl)nc2c1ncn2[C@H]1O[C@@H](CO)[C@H](O)[C@H]1F. The van der Waals surface area contributed by atoms with Crippen molar-refractivity contribution in [1.82, 2.24) is 19.5 Å². The molecule has 1 aliphatic heterocycles. The third-order valence-corrected chi connectivity index (χ3v) is 3.34. The number of hydrogen-bond donors (Lipinski definition) is 3. The maximum Gasteiger partial charge on any atom is 0.226 e. The number of nitrogens with zero attached hydrogens (tertiary/aromatic N) is 4. The zero-order chi connectivity index (χ0) is 14.4. The molecule has 0 radical (unpaired) electrons. The summed E-state index contributed by atoms with van der Waals surface area (Å²) in [5.74, 6) is 0.0615. The molecular formula is C10H11ClFN5O3. The summed E-state index contributed by atoms with van der Waals surface area (Å²) in [6, 6.07) is 0. The quantitative estimate of drug-likeness (QED) is 0.649. The molecule has 0 aromatic carbocycles. The van der Waals surface area contributed by atoms with Gasteiger partial charge in [-0.1, -0.05) is 0 Å². The number of alkyl halides is 1. The highest BCUT2D eigenvalue weighted by Crippen LogP contribution is 2.34. The Kier molecular flexibility index (Phi) is 3.21. The largest absolute Gasteiger partial charge is 0.394 e. The van der Waals surface area contributed by atoms with Crippen LogP contribution in [0.5, 0.6) is 0 Å². The van der Waals surface area contributed by atoms with Crippen LogP contribution in [0.15, 0.2) is 6.33 Å². The zero-order valence-electron chi connectivity index (χ0n) is 10.0. The van der Waals surface area contributed by atoms with Gasteiger partial charge < -0.3 is 20.7 Å². The number of aromatic nitrogens is 4. The van der Waals surface area contributed by atoms with Gasteiger partial charge in [0.15, 0.2) is 23.9 Å². The minimum atomic E-state index is -1.74. The summed E-state index contributed by atoms with van der Waals surface area (Å²) in [5, 5.41) is 18.6. The Morgan fingerprint density at radius 1 is 1.50 bits per heavy atom. The van der Waals surface area contributed by atoms with Crippen molar-refractivity contribution in [2.75, 3.05) is 12.3 Å². The van der Waals surface area contributed by atoms with Gasteiger partial charge in [0.05, 0.1) is 12.9 Å². The van der Waals surface area contributed by atoms with Crippen molar-refractivity contribution in [1.29, 1.82) is 0 Å². The lowest BCUT2D eigenvalue weighted by molar-refractivity contribution is -0.0459. The first-order chi connectivity index (χ1) is 9.52. The number of hydrogen-bond acceptors (Lipinski definition) is 7. The highest BCUT2D eigenvalue weighted by molar-refractivity contribution is 6.28. The van der Waals surface area contributed by atoms with Crippen molar-refractivity contribution in [3.05, 3.63) is 11.6 Å². The molecule has 1 aliphatic rings. The summed E-state index contributed by atoms with van der Waals surface area (Å²) in [6.07, 6.45) is -4.08. The van der Waals surface area contributed by atoms with Gasteiger partial charge in [0.2, 0.25) is 5.28 Å². The average molecular weight is 304 g/mol. The topological polar surface area (TPSA) is 119 Å². The standard InChI is InChI=1S/C10H11ClFN5O3/c11-10-15-7(13)5-8(16-10)17(2-14-5)9-4(12)6(19)3(1-18)20-9/h2-4,6,9,18-19H,1H2,(H2,13,15,16)/t3-,4+,6-,9-/m0/s1. The van der Waals surface area contributed by atoms with Crippen molar-refractivity contribution in [3.63, 3.8) is 0 Å². The summed E-state index contributed by atoms with van der Waals surface area (Å²) in [4.78, 5) is 11.7. The van der Waals surface area contributed by atoms with Crippen LogP contribution < -0.4 is 5.73 Å². The van der Waals surface area contributed by atoms with E-state index in [9.17, 15) is 9.50 Å². The van der Waals surface area contributed by atoms with Gasteiger partial charge in [-0.3, -0.25) is 4.57 Å². The maximum absolute atomic E-state index is 14.1. The molecule has 0 bridgehead atoms. The first-order valence-electron chi connectivity index (χ1n) is 5.77. The van der Waals surface area contributed by atoms with Crippen LogP contribution in [0.3, 0.4) is 0 Å². The Morgan fingerprint density at radius 3 is 2.90 bits per heavy atom. The van der Waals surface area contributed by atoms with Crippen LogP contribution in [0.25, 0.3) is 11.2 Å². The molecular weight excluding hydrogens is 293 g/mol.